The molecule has 1 aliphatic rings. The van der Waals surface area contributed by atoms with E-state index in [4.69, 9.17) is 17.4 Å². The third-order valence-electron chi connectivity index (χ3n) is 4.18. The van der Waals surface area contributed by atoms with E-state index in [9.17, 15) is 4.39 Å². The minimum Gasteiger partial charge on any atom is -0.271 e. The van der Waals surface area contributed by atoms with Crippen molar-refractivity contribution in [2.45, 2.75) is 39.2 Å². The van der Waals surface area contributed by atoms with Gasteiger partial charge in [-0.2, -0.15) is 0 Å². The van der Waals surface area contributed by atoms with Crippen LogP contribution >= 0.6 is 11.6 Å². The zero-order valence-electron chi connectivity index (χ0n) is 11.5. The third-order valence-corrected chi connectivity index (χ3v) is 4.47. The second kappa shape index (κ2) is 6.21. The van der Waals surface area contributed by atoms with Gasteiger partial charge < -0.3 is 0 Å². The Morgan fingerprint density at radius 1 is 1.26 bits per heavy atom. The average Bonchev–Trinajstić information content (AvgIpc) is 2.34. The summed E-state index contributed by atoms with van der Waals surface area (Å²) < 4.78 is 14.2. The molecule has 0 saturated heterocycles. The second-order valence-corrected chi connectivity index (χ2v) is 6.37. The van der Waals surface area contributed by atoms with Crippen LogP contribution in [0.4, 0.5) is 4.39 Å². The van der Waals surface area contributed by atoms with Gasteiger partial charge in [0.2, 0.25) is 0 Å². The fraction of sp³-hybridized carbons (Fsp3) is 0.600. The van der Waals surface area contributed by atoms with E-state index in [1.807, 2.05) is 0 Å². The maximum absolute atomic E-state index is 14.2. The number of benzene rings is 1. The molecular formula is C15H22ClFN2. The zero-order valence-corrected chi connectivity index (χ0v) is 12.3. The number of nitrogens with two attached hydrogens (primary N) is 1. The average molecular weight is 285 g/mol. The Bertz CT molecular complexity index is 428. The highest BCUT2D eigenvalue weighted by Gasteiger charge is 2.32. The largest absolute Gasteiger partial charge is 0.271 e. The number of rotatable bonds is 3. The van der Waals surface area contributed by atoms with Crippen LogP contribution < -0.4 is 11.3 Å². The van der Waals surface area contributed by atoms with Crippen molar-refractivity contribution < 1.29 is 4.39 Å². The molecule has 2 rings (SSSR count). The first-order chi connectivity index (χ1) is 9.02. The van der Waals surface area contributed by atoms with Crippen LogP contribution in [0.3, 0.4) is 0 Å². The molecule has 4 heteroatoms. The summed E-state index contributed by atoms with van der Waals surface area (Å²) >= 11 is 5.87. The molecule has 3 N–H and O–H groups in total. The highest BCUT2D eigenvalue weighted by Crippen LogP contribution is 2.40. The molecule has 1 saturated carbocycles. The molecule has 0 aliphatic heterocycles. The van der Waals surface area contributed by atoms with Crippen LogP contribution in [0.5, 0.6) is 0 Å². The summed E-state index contributed by atoms with van der Waals surface area (Å²) in [5.74, 6) is 7.01. The standard InChI is InChI=1S/C15H22ClFN2/c1-9-6-10(2)8-11(7-9)15(19-18)12-4-3-5-13(16)14(12)17/h3-5,9-11,15,19H,6-8,18H2,1-2H3. The van der Waals surface area contributed by atoms with Gasteiger partial charge >= 0.3 is 0 Å². The number of hydrazine groups is 1. The van der Waals surface area contributed by atoms with Crippen LogP contribution in [-0.2, 0) is 0 Å². The summed E-state index contributed by atoms with van der Waals surface area (Å²) in [6.07, 6.45) is 3.39. The monoisotopic (exact) mass is 284 g/mol. The predicted molar refractivity (Wildman–Crippen MR) is 77.1 cm³/mol. The van der Waals surface area contributed by atoms with Crippen molar-refractivity contribution in [3.05, 3.63) is 34.6 Å². The lowest BCUT2D eigenvalue weighted by molar-refractivity contribution is 0.175. The Labute approximate surface area is 119 Å². The number of hydrogen-bond acceptors (Lipinski definition) is 2. The van der Waals surface area contributed by atoms with Crippen molar-refractivity contribution in [2.75, 3.05) is 0 Å². The van der Waals surface area contributed by atoms with E-state index in [-0.39, 0.29) is 16.9 Å². The smallest absolute Gasteiger partial charge is 0.146 e. The van der Waals surface area contributed by atoms with E-state index in [2.05, 4.69) is 19.3 Å². The maximum Gasteiger partial charge on any atom is 0.146 e. The molecule has 0 aromatic heterocycles. The first kappa shape index (κ1) is 14.8. The van der Waals surface area contributed by atoms with Crippen LogP contribution in [-0.4, -0.2) is 0 Å². The predicted octanol–water partition coefficient (Wildman–Crippen LogP) is 4.06. The van der Waals surface area contributed by atoms with Crippen LogP contribution in [0.1, 0.15) is 44.7 Å². The Kier molecular flexibility index (Phi) is 4.82. The van der Waals surface area contributed by atoms with Crippen LogP contribution in [0.25, 0.3) is 0 Å². The van der Waals surface area contributed by atoms with Gasteiger partial charge in [-0.3, -0.25) is 11.3 Å². The number of nitrogens with one attached hydrogen (secondary N) is 1. The van der Waals surface area contributed by atoms with Crippen molar-refractivity contribution in [2.24, 2.45) is 23.6 Å². The van der Waals surface area contributed by atoms with Gasteiger partial charge in [0, 0.05) is 5.56 Å². The molecule has 0 amide bonds. The molecule has 1 fully saturated rings. The minimum absolute atomic E-state index is 0.162. The molecule has 2 nitrogen and oxygen atoms in total. The van der Waals surface area contributed by atoms with Gasteiger partial charge in [-0.1, -0.05) is 37.6 Å². The SMILES string of the molecule is CC1CC(C)CC(C(NN)c2cccc(Cl)c2F)C1. The molecule has 0 heterocycles. The zero-order chi connectivity index (χ0) is 14.0. The lowest BCUT2D eigenvalue weighted by Crippen LogP contribution is -2.37. The topological polar surface area (TPSA) is 38.0 Å². The lowest BCUT2D eigenvalue weighted by Gasteiger charge is -2.36. The first-order valence-electron chi connectivity index (χ1n) is 6.93. The van der Waals surface area contributed by atoms with Gasteiger partial charge in [0.15, 0.2) is 0 Å². The number of halogens is 2. The van der Waals surface area contributed by atoms with Gasteiger partial charge in [-0.25, -0.2) is 4.39 Å². The summed E-state index contributed by atoms with van der Waals surface area (Å²) in [6, 6.07) is 4.96. The molecule has 106 valence electrons. The van der Waals surface area contributed by atoms with E-state index < -0.39 is 0 Å². The van der Waals surface area contributed by atoms with Gasteiger partial charge in [0.1, 0.15) is 5.82 Å². The molecular weight excluding hydrogens is 263 g/mol. The van der Waals surface area contributed by atoms with Crippen molar-refractivity contribution >= 4 is 11.6 Å². The lowest BCUT2D eigenvalue weighted by atomic mass is 9.72. The van der Waals surface area contributed by atoms with Crippen molar-refractivity contribution in [3.8, 4) is 0 Å². The first-order valence-corrected chi connectivity index (χ1v) is 7.30. The molecule has 1 aromatic carbocycles. The third kappa shape index (κ3) is 3.28. The van der Waals surface area contributed by atoms with Crippen molar-refractivity contribution in [1.29, 1.82) is 0 Å². The highest BCUT2D eigenvalue weighted by atomic mass is 35.5. The van der Waals surface area contributed by atoms with Crippen molar-refractivity contribution in [3.63, 3.8) is 0 Å². The molecule has 1 aliphatic carbocycles. The summed E-state index contributed by atoms with van der Waals surface area (Å²) in [5, 5.41) is 0.162. The minimum atomic E-state index is -0.349. The molecule has 1 aromatic rings. The highest BCUT2D eigenvalue weighted by molar-refractivity contribution is 6.30. The molecule has 0 spiro atoms. The van der Waals surface area contributed by atoms with Crippen LogP contribution in [0.15, 0.2) is 18.2 Å². The van der Waals surface area contributed by atoms with Gasteiger partial charge in [0.25, 0.3) is 0 Å². The summed E-state index contributed by atoms with van der Waals surface area (Å²) in [5.41, 5.74) is 3.38. The summed E-state index contributed by atoms with van der Waals surface area (Å²) in [6.45, 7) is 4.51. The normalized spacial score (nSPS) is 29.2. The number of hydrogen-bond donors (Lipinski definition) is 2. The Balaban J connectivity index is 2.26. The van der Waals surface area contributed by atoms with Crippen molar-refractivity contribution in [1.82, 2.24) is 5.43 Å². The van der Waals surface area contributed by atoms with Crippen LogP contribution in [0.2, 0.25) is 5.02 Å². The van der Waals surface area contributed by atoms with E-state index in [1.165, 1.54) is 6.42 Å². The van der Waals surface area contributed by atoms with E-state index >= 15 is 0 Å². The maximum atomic E-state index is 14.2. The van der Waals surface area contributed by atoms with Gasteiger partial charge in [0.05, 0.1) is 11.1 Å². The van der Waals surface area contributed by atoms with Gasteiger partial charge in [-0.05, 0) is 43.1 Å². The molecule has 3 unspecified atom stereocenters. The fourth-order valence-electron chi connectivity index (χ4n) is 3.52. The van der Waals surface area contributed by atoms with Gasteiger partial charge in [-0.15, -0.1) is 0 Å². The fourth-order valence-corrected chi connectivity index (χ4v) is 3.70. The quantitative estimate of drug-likeness (QED) is 0.649. The molecule has 0 radical (unpaired) electrons. The molecule has 3 atom stereocenters. The summed E-state index contributed by atoms with van der Waals surface area (Å²) in [7, 11) is 0. The molecule has 0 bridgehead atoms. The van der Waals surface area contributed by atoms with E-state index in [0.29, 0.717) is 23.3 Å². The van der Waals surface area contributed by atoms with E-state index in [0.717, 1.165) is 12.8 Å². The Morgan fingerprint density at radius 2 is 1.89 bits per heavy atom. The van der Waals surface area contributed by atoms with E-state index in [1.54, 1.807) is 18.2 Å². The summed E-state index contributed by atoms with van der Waals surface area (Å²) in [4.78, 5) is 0. The Hall–Kier alpha value is -0.640. The Morgan fingerprint density at radius 3 is 2.47 bits per heavy atom. The molecule has 19 heavy (non-hydrogen) atoms. The van der Waals surface area contributed by atoms with Crippen LogP contribution in [0, 0.1) is 23.6 Å². The second-order valence-electron chi connectivity index (χ2n) is 5.96.